The van der Waals surface area contributed by atoms with Crippen molar-refractivity contribution in [1.82, 2.24) is 31.5 Å². The van der Waals surface area contributed by atoms with Gasteiger partial charge in [0.15, 0.2) is 0 Å². The van der Waals surface area contributed by atoms with Crippen LogP contribution in [0.15, 0.2) is 271 Å². The summed E-state index contributed by atoms with van der Waals surface area (Å²) in [5.41, 5.74) is 7.48. The van der Waals surface area contributed by atoms with E-state index in [-0.39, 0.29) is 17.9 Å². The quantitative estimate of drug-likeness (QED) is 0.0484. The lowest BCUT2D eigenvalue weighted by Crippen LogP contribution is -2.48. The molecule has 5 aliphatic rings. The van der Waals surface area contributed by atoms with Gasteiger partial charge in [-0.05, 0) is 269 Å². The predicted molar refractivity (Wildman–Crippen MR) is 495 cm³/mol. The maximum atomic E-state index is 13.4. The highest BCUT2D eigenvalue weighted by atomic mass is 32.2. The molecule has 5 aliphatic heterocycles. The third-order valence-corrected chi connectivity index (χ3v) is 37.0. The molecule has 5 fully saturated rings. The van der Waals surface area contributed by atoms with Gasteiger partial charge in [-0.3, -0.25) is 9.97 Å². The molecule has 117 heavy (non-hydrogen) atoms. The fraction of sp³-hybridized carbons (Fsp3) is 0.379. The third-order valence-electron chi connectivity index (χ3n) is 22.8. The molecule has 0 amide bonds. The standard InChI is InChI=1S/C20H25NO2S.C19H23FN2OS.C19H24N2OS.C19H25NO2S2.C18H23NOS2/c1-17-8-12-20(13-9-17)24(2,22)21-14-15-23-16-19(21)11-10-18-6-4-3-5-7-18;1-24(23,19-11-8-17(20)9-12-19)22-14-3-2-6-18(22)10-7-16-5-4-13-21-15-16;1-23(22,19-10-3-2-4-11-19)21-15-6-5-9-18(21)13-12-17-8-7-14-20-16-17;1-22-18-10-4-3-8-16(18)12-13-17-9-5-6-14-20(17)24(2,21)19-11-7-15-23-19;1-22(20,18-11-7-15-21-18)19-14-6-5-10-17(19)13-12-16-8-3-2-4-9-16/h3-9,12-13,19H,2,10-11,14-16H2,1H3;4-5,8-9,11-13,15,18H,1-3,6-7,10,14H2;2-4,7-8,10-11,14,16,18H,1,5-6,9,12-13,15H2;3-4,7-8,10-11,15,17H,2,5-6,9,12-14H2,1H3;2-4,7-9,11,15,17H,1,5-6,10,12-14H2. The molecule has 9 heterocycles. The number of para-hydroxylation sites is 1. The summed E-state index contributed by atoms with van der Waals surface area (Å²) in [7, 11) is -10.4. The summed E-state index contributed by atoms with van der Waals surface area (Å²) in [6.45, 7) is 7.34. The number of hydrogen-bond donors (Lipinski definition) is 0. The highest BCUT2D eigenvalue weighted by Gasteiger charge is 2.35. The molecule has 10 atom stereocenters. The van der Waals surface area contributed by atoms with Crippen molar-refractivity contribution in [1.29, 1.82) is 0 Å². The fourth-order valence-corrected chi connectivity index (χ4v) is 28.4. The monoisotopic (exact) mass is 1710 g/mol. The Morgan fingerprint density at radius 2 is 0.752 bits per heavy atom. The second-order valence-corrected chi connectivity index (χ2v) is 44.3. The Kier molecular flexibility index (Phi) is 34.6. The van der Waals surface area contributed by atoms with Crippen molar-refractivity contribution in [2.75, 3.05) is 53.0 Å². The number of methoxy groups -OCH3 is 1. The van der Waals surface area contributed by atoms with Crippen LogP contribution in [0.4, 0.5) is 4.39 Å². The van der Waals surface area contributed by atoms with Crippen LogP contribution in [-0.2, 0) is 85.4 Å². The molecular formula is C95H120FN7O7S7. The van der Waals surface area contributed by atoms with Crippen molar-refractivity contribution in [2.24, 2.45) is 0 Å². The minimum absolute atomic E-state index is 0.130. The van der Waals surface area contributed by atoms with Crippen LogP contribution in [0.5, 0.6) is 5.75 Å². The van der Waals surface area contributed by atoms with Gasteiger partial charge in [0.2, 0.25) is 0 Å². The lowest BCUT2D eigenvalue weighted by atomic mass is 9.97. The number of rotatable bonds is 26. The summed E-state index contributed by atoms with van der Waals surface area (Å²) in [6, 6.07) is 69.9. The molecule has 22 heteroatoms. The Labute approximate surface area is 708 Å². The van der Waals surface area contributed by atoms with E-state index in [9.17, 15) is 25.4 Å². The van der Waals surface area contributed by atoms with E-state index in [1.807, 2.05) is 150 Å². The SMILES string of the molecule is C=S(=O)(c1ccc(C)cc1)N1CCOCC1CCc1ccccc1.C=S(=O)(c1ccc(F)cc1)N1CCCCC1CCc1cccnc1.C=S(=O)(c1ccccc1)N1CCCCC1CCc1cccnc1.C=S(=O)(c1cccs1)N1CCCCC1CCc1ccccc1.C=S(=O)(c1cccs1)N1CCCCC1CCc1ccccc1OC. The van der Waals surface area contributed by atoms with E-state index >= 15 is 0 Å². The summed E-state index contributed by atoms with van der Waals surface area (Å²) in [5.74, 6) is 21.1. The summed E-state index contributed by atoms with van der Waals surface area (Å²) in [4.78, 5) is 10.6. The van der Waals surface area contributed by atoms with Gasteiger partial charge in [-0.25, -0.2) is 47.0 Å². The van der Waals surface area contributed by atoms with Crippen LogP contribution in [0.25, 0.3) is 0 Å². The number of aryl methyl sites for hydroxylation is 6. The summed E-state index contributed by atoms with van der Waals surface area (Å²) < 4.78 is 103. The van der Waals surface area contributed by atoms with Gasteiger partial charge in [0.05, 0.1) is 77.3 Å². The van der Waals surface area contributed by atoms with Crippen LogP contribution in [0.1, 0.15) is 143 Å². The molecule has 14 nitrogen and oxygen atoms in total. The van der Waals surface area contributed by atoms with Gasteiger partial charge < -0.3 is 9.47 Å². The van der Waals surface area contributed by atoms with Crippen molar-refractivity contribution in [3.63, 3.8) is 0 Å². The second-order valence-electron chi connectivity index (χ2n) is 30.9. The molecule has 0 aliphatic carbocycles. The molecule has 10 unspecified atom stereocenters. The van der Waals surface area contributed by atoms with Crippen molar-refractivity contribution in [2.45, 2.75) is 201 Å². The Balaban J connectivity index is 0.000000144. The first-order valence-electron chi connectivity index (χ1n) is 41.3. The van der Waals surface area contributed by atoms with Gasteiger partial charge in [0.1, 0.15) is 11.6 Å². The van der Waals surface area contributed by atoms with E-state index < -0.39 is 48.5 Å². The van der Waals surface area contributed by atoms with Gasteiger partial charge in [-0.15, -0.1) is 22.7 Å². The number of ether oxygens (including phenoxy) is 2. The number of piperidine rings is 4. The molecule has 0 bridgehead atoms. The van der Waals surface area contributed by atoms with E-state index in [4.69, 9.17) is 9.47 Å². The number of halogens is 1. The molecule has 15 rings (SSSR count). The smallest absolute Gasteiger partial charge is 0.123 e. The molecule has 6 aromatic carbocycles. The van der Waals surface area contributed by atoms with Gasteiger partial charge in [0.25, 0.3) is 0 Å². The lowest BCUT2D eigenvalue weighted by molar-refractivity contribution is 0.0318. The second kappa shape index (κ2) is 44.8. The van der Waals surface area contributed by atoms with Crippen molar-refractivity contribution >= 4 is 101 Å². The van der Waals surface area contributed by atoms with E-state index in [0.717, 1.165) is 178 Å². The van der Waals surface area contributed by atoms with Crippen molar-refractivity contribution in [3.8, 4) is 5.75 Å². The molecule has 4 aromatic heterocycles. The van der Waals surface area contributed by atoms with Crippen molar-refractivity contribution < 1.29 is 34.9 Å². The zero-order valence-corrected chi connectivity index (χ0v) is 74.0. The van der Waals surface area contributed by atoms with E-state index in [0.29, 0.717) is 42.8 Å². The van der Waals surface area contributed by atoms with Crippen LogP contribution in [0.3, 0.4) is 0 Å². The molecule has 5 saturated heterocycles. The van der Waals surface area contributed by atoms with E-state index in [2.05, 4.69) is 129 Å². The first-order valence-corrected chi connectivity index (χ1v) is 51.5. The molecule has 0 spiro atoms. The number of pyridine rings is 2. The summed E-state index contributed by atoms with van der Waals surface area (Å²) >= 11 is 3.11. The highest BCUT2D eigenvalue weighted by molar-refractivity contribution is 8.00. The van der Waals surface area contributed by atoms with Crippen LogP contribution in [0, 0.1) is 12.7 Å². The first-order chi connectivity index (χ1) is 56.6. The molecule has 626 valence electrons. The number of hydrogen-bond acceptors (Lipinski definition) is 11. The van der Waals surface area contributed by atoms with Crippen LogP contribution < -0.4 is 4.74 Å². The highest BCUT2D eigenvalue weighted by Crippen LogP contribution is 2.35. The predicted octanol–water partition coefficient (Wildman–Crippen LogP) is 19.0. The maximum absolute atomic E-state index is 13.4. The van der Waals surface area contributed by atoms with E-state index in [1.54, 1.807) is 54.3 Å². The Hall–Kier alpha value is -7.39. The number of aromatic nitrogens is 2. The van der Waals surface area contributed by atoms with Gasteiger partial charge in [-0.2, -0.15) is 0 Å². The summed E-state index contributed by atoms with van der Waals surface area (Å²) in [5, 5.41) is 3.97. The average Bonchev–Trinajstić information content (AvgIpc) is 1.56. The number of nitrogens with zero attached hydrogens (tertiary/aromatic N) is 7. The molecule has 0 radical (unpaired) electrons. The topological polar surface area (TPSA) is 146 Å². The Bertz CT molecular complexity index is 5050. The van der Waals surface area contributed by atoms with Crippen LogP contribution in [-0.4, -0.2) is 165 Å². The number of benzene rings is 6. The molecular weight excluding hydrogens is 1590 g/mol. The molecule has 10 aromatic rings. The van der Waals surface area contributed by atoms with Gasteiger partial charge in [0, 0.05) is 102 Å². The summed E-state index contributed by atoms with van der Waals surface area (Å²) in [6.07, 6.45) is 30.6. The normalized spacial score (nSPS) is 21.5. The average molecular weight is 1720 g/mol. The fourth-order valence-electron chi connectivity index (χ4n) is 16.4. The Morgan fingerprint density at radius 3 is 1.16 bits per heavy atom. The maximum Gasteiger partial charge on any atom is 0.123 e. The molecule has 0 saturated carbocycles. The van der Waals surface area contributed by atoms with Crippen LogP contribution in [0.2, 0.25) is 0 Å². The third kappa shape index (κ3) is 25.6. The Morgan fingerprint density at radius 1 is 0.393 bits per heavy atom. The zero-order chi connectivity index (χ0) is 82.5. The van der Waals surface area contributed by atoms with E-state index in [1.165, 1.54) is 59.2 Å². The zero-order valence-electron chi connectivity index (χ0n) is 68.3. The number of morpholine rings is 1. The molecule has 0 N–H and O–H groups in total. The number of thiophene rings is 2. The van der Waals surface area contributed by atoms with Crippen molar-refractivity contribution in [3.05, 3.63) is 287 Å². The first kappa shape index (κ1) is 90.4. The largest absolute Gasteiger partial charge is 0.496 e. The minimum atomic E-state index is -2.58. The van der Waals surface area contributed by atoms with Gasteiger partial charge >= 0.3 is 0 Å². The van der Waals surface area contributed by atoms with Crippen LogP contribution >= 0.6 is 22.7 Å². The van der Waals surface area contributed by atoms with Gasteiger partial charge in [-0.1, -0.05) is 165 Å². The lowest BCUT2D eigenvalue weighted by Gasteiger charge is -2.37. The minimum Gasteiger partial charge on any atom is -0.496 e.